The molecule has 3 heterocycles. The van der Waals surface area contributed by atoms with E-state index < -0.39 is 4.92 Å². The highest BCUT2D eigenvalue weighted by molar-refractivity contribution is 6.30. The smallest absolute Gasteiger partial charge is 0.353 e. The highest BCUT2D eigenvalue weighted by Crippen LogP contribution is 2.37. The predicted octanol–water partition coefficient (Wildman–Crippen LogP) is 6.27. The van der Waals surface area contributed by atoms with Gasteiger partial charge in [0.2, 0.25) is 11.6 Å². The summed E-state index contributed by atoms with van der Waals surface area (Å²) in [5.41, 5.74) is 2.82. The van der Waals surface area contributed by atoms with Crippen molar-refractivity contribution in [3.63, 3.8) is 0 Å². The molecule has 0 spiro atoms. The Balaban J connectivity index is 1.48. The Morgan fingerprint density at radius 2 is 1.86 bits per heavy atom. The number of hydrogen-bond acceptors (Lipinski definition) is 7. The number of benzene rings is 2. The molecule has 0 unspecified atom stereocenters. The zero-order valence-corrected chi connectivity index (χ0v) is 20.5. The maximum Gasteiger partial charge on any atom is 0.353 e. The first kappa shape index (κ1) is 24.5. The quantitative estimate of drug-likeness (QED) is 0.200. The van der Waals surface area contributed by atoms with Gasteiger partial charge in [-0.15, -0.1) is 0 Å². The van der Waals surface area contributed by atoms with Crippen molar-refractivity contribution in [1.82, 2.24) is 9.97 Å². The monoisotopic (exact) mass is 519 g/mol. The van der Waals surface area contributed by atoms with Crippen LogP contribution in [0, 0.1) is 15.9 Å². The van der Waals surface area contributed by atoms with E-state index in [-0.39, 0.29) is 36.2 Å². The number of nitro groups is 1. The lowest BCUT2D eigenvalue weighted by Gasteiger charge is -2.29. The third kappa shape index (κ3) is 5.62. The molecule has 0 N–H and O–H groups in total. The molecule has 8 nitrogen and oxygen atoms in total. The molecule has 1 aliphatic heterocycles. The second-order valence-electron chi connectivity index (χ2n) is 8.62. The van der Waals surface area contributed by atoms with Gasteiger partial charge in [0.25, 0.3) is 0 Å². The molecule has 0 bridgehead atoms. The van der Waals surface area contributed by atoms with E-state index in [0.717, 1.165) is 16.7 Å². The van der Waals surface area contributed by atoms with E-state index in [0.29, 0.717) is 30.3 Å². The molecule has 0 atom stereocenters. The summed E-state index contributed by atoms with van der Waals surface area (Å²) in [5.74, 6) is 0.686. The van der Waals surface area contributed by atoms with Gasteiger partial charge < -0.3 is 14.2 Å². The Morgan fingerprint density at radius 3 is 2.51 bits per heavy atom. The molecular weight excluding hydrogens is 497 g/mol. The van der Waals surface area contributed by atoms with E-state index >= 15 is 0 Å². The standard InChI is InChI=1S/C27H23ClFN5O3/c28-22-7-5-20(6-8-22)21-11-13-32(14-12-21)26-25(34(35)36)27(31-18-30-26)33(17-24-2-1-15-37-24)16-19-3-9-23(29)10-4-19/h1-11,15,18H,12-14,16-17H2. The molecule has 10 heteroatoms. The second-order valence-corrected chi connectivity index (χ2v) is 9.06. The second kappa shape index (κ2) is 10.8. The summed E-state index contributed by atoms with van der Waals surface area (Å²) in [4.78, 5) is 24.2. The summed E-state index contributed by atoms with van der Waals surface area (Å²) < 4.78 is 19.0. The molecule has 0 amide bonds. The van der Waals surface area contributed by atoms with Crippen molar-refractivity contribution in [1.29, 1.82) is 0 Å². The minimum absolute atomic E-state index is 0.170. The molecule has 4 aromatic rings. The molecule has 1 aliphatic rings. The van der Waals surface area contributed by atoms with Crippen molar-refractivity contribution < 1.29 is 13.7 Å². The predicted molar refractivity (Wildman–Crippen MR) is 140 cm³/mol. The van der Waals surface area contributed by atoms with Crippen molar-refractivity contribution in [3.8, 4) is 0 Å². The van der Waals surface area contributed by atoms with Crippen LogP contribution in [0.2, 0.25) is 5.02 Å². The molecule has 2 aromatic carbocycles. The minimum Gasteiger partial charge on any atom is -0.467 e. The lowest BCUT2D eigenvalue weighted by molar-refractivity contribution is -0.383. The molecule has 0 radical (unpaired) electrons. The number of halogens is 2. The van der Waals surface area contributed by atoms with E-state index in [2.05, 4.69) is 16.0 Å². The Bertz CT molecular complexity index is 1410. The highest BCUT2D eigenvalue weighted by Gasteiger charge is 2.31. The van der Waals surface area contributed by atoms with Crippen LogP contribution in [0.15, 0.2) is 83.7 Å². The van der Waals surface area contributed by atoms with Gasteiger partial charge in [0.15, 0.2) is 0 Å². The van der Waals surface area contributed by atoms with Gasteiger partial charge in [-0.3, -0.25) is 10.1 Å². The normalized spacial score (nSPS) is 13.4. The Morgan fingerprint density at radius 1 is 1.08 bits per heavy atom. The van der Waals surface area contributed by atoms with Gasteiger partial charge in [-0.25, -0.2) is 14.4 Å². The van der Waals surface area contributed by atoms with Gasteiger partial charge in [-0.05, 0) is 59.5 Å². The lowest BCUT2D eigenvalue weighted by atomic mass is 9.99. The summed E-state index contributed by atoms with van der Waals surface area (Å²) in [6, 6.07) is 17.2. The molecule has 0 saturated carbocycles. The van der Waals surface area contributed by atoms with Crippen LogP contribution in [-0.4, -0.2) is 28.0 Å². The van der Waals surface area contributed by atoms with Crippen LogP contribution in [0.1, 0.15) is 23.3 Å². The summed E-state index contributed by atoms with van der Waals surface area (Å²) in [6.07, 6.45) is 5.64. The summed E-state index contributed by atoms with van der Waals surface area (Å²) in [7, 11) is 0. The lowest BCUT2D eigenvalue weighted by Crippen LogP contribution is -2.31. The zero-order chi connectivity index (χ0) is 25.8. The topological polar surface area (TPSA) is 88.5 Å². The van der Waals surface area contributed by atoms with Crippen LogP contribution in [0.4, 0.5) is 21.7 Å². The van der Waals surface area contributed by atoms with E-state index in [9.17, 15) is 14.5 Å². The summed E-state index contributed by atoms with van der Waals surface area (Å²) >= 11 is 6.01. The van der Waals surface area contributed by atoms with Crippen molar-refractivity contribution in [2.24, 2.45) is 0 Å². The van der Waals surface area contributed by atoms with Crippen LogP contribution in [0.3, 0.4) is 0 Å². The van der Waals surface area contributed by atoms with Crippen molar-refractivity contribution in [2.45, 2.75) is 19.5 Å². The number of nitrogens with zero attached hydrogens (tertiary/aromatic N) is 5. The van der Waals surface area contributed by atoms with E-state index in [1.165, 1.54) is 18.5 Å². The van der Waals surface area contributed by atoms with Crippen molar-refractivity contribution in [2.75, 3.05) is 22.9 Å². The maximum absolute atomic E-state index is 13.5. The summed E-state index contributed by atoms with van der Waals surface area (Å²) in [5, 5.41) is 13.1. The van der Waals surface area contributed by atoms with Crippen LogP contribution in [-0.2, 0) is 13.1 Å². The Hall–Kier alpha value is -4.24. The Kier molecular flexibility index (Phi) is 7.14. The average molecular weight is 520 g/mol. The van der Waals surface area contributed by atoms with Crippen molar-refractivity contribution in [3.05, 3.63) is 117 Å². The summed E-state index contributed by atoms with van der Waals surface area (Å²) in [6.45, 7) is 1.52. The molecular formula is C27H23ClFN5O3. The fourth-order valence-electron chi connectivity index (χ4n) is 4.38. The van der Waals surface area contributed by atoms with Gasteiger partial charge in [0, 0.05) is 24.7 Å². The third-order valence-electron chi connectivity index (χ3n) is 6.20. The van der Waals surface area contributed by atoms with Gasteiger partial charge in [-0.2, -0.15) is 0 Å². The largest absolute Gasteiger partial charge is 0.467 e. The Labute approximate surface area is 217 Å². The first-order valence-electron chi connectivity index (χ1n) is 11.7. The molecule has 188 valence electrons. The van der Waals surface area contributed by atoms with Crippen LogP contribution in [0.25, 0.3) is 5.57 Å². The van der Waals surface area contributed by atoms with Crippen molar-refractivity contribution >= 4 is 34.5 Å². The van der Waals surface area contributed by atoms with Crippen LogP contribution >= 0.6 is 11.6 Å². The van der Waals surface area contributed by atoms with E-state index in [4.69, 9.17) is 16.0 Å². The molecule has 5 rings (SSSR count). The number of anilines is 2. The molecule has 37 heavy (non-hydrogen) atoms. The number of furan rings is 1. The number of hydrogen-bond donors (Lipinski definition) is 0. The fourth-order valence-corrected chi connectivity index (χ4v) is 4.51. The number of rotatable bonds is 8. The SMILES string of the molecule is O=[N+]([O-])c1c(N2CC=C(c3ccc(Cl)cc3)CC2)ncnc1N(Cc1ccc(F)cc1)Cc1ccco1. The average Bonchev–Trinajstić information content (AvgIpc) is 3.43. The first-order valence-corrected chi connectivity index (χ1v) is 12.1. The van der Waals surface area contributed by atoms with E-state index in [1.807, 2.05) is 29.2 Å². The van der Waals surface area contributed by atoms with Gasteiger partial charge in [0.1, 0.15) is 17.9 Å². The zero-order valence-electron chi connectivity index (χ0n) is 19.8. The van der Waals surface area contributed by atoms with Crippen LogP contribution in [0.5, 0.6) is 0 Å². The third-order valence-corrected chi connectivity index (χ3v) is 6.45. The first-order chi connectivity index (χ1) is 18.0. The molecule has 2 aromatic heterocycles. The maximum atomic E-state index is 13.5. The molecule has 0 aliphatic carbocycles. The fraction of sp³-hybridized carbons (Fsp3) is 0.185. The van der Waals surface area contributed by atoms with Crippen LogP contribution < -0.4 is 9.80 Å². The molecule has 0 fully saturated rings. The van der Waals surface area contributed by atoms with Gasteiger partial charge in [-0.1, -0.05) is 41.9 Å². The minimum atomic E-state index is -0.442. The number of aromatic nitrogens is 2. The highest BCUT2D eigenvalue weighted by atomic mass is 35.5. The molecule has 0 saturated heterocycles. The van der Waals surface area contributed by atoms with Gasteiger partial charge in [0.05, 0.1) is 17.7 Å². The van der Waals surface area contributed by atoms with Gasteiger partial charge >= 0.3 is 5.69 Å². The van der Waals surface area contributed by atoms with E-state index in [1.54, 1.807) is 35.4 Å².